The van der Waals surface area contributed by atoms with Crippen molar-refractivity contribution < 1.29 is 9.59 Å². The third kappa shape index (κ3) is 3.43. The second-order valence-corrected chi connectivity index (χ2v) is 6.85. The summed E-state index contributed by atoms with van der Waals surface area (Å²) in [7, 11) is 0. The molecule has 5 nitrogen and oxygen atoms in total. The smallest absolute Gasteiger partial charge is 0.225 e. The molecule has 0 aromatic heterocycles. The van der Waals surface area contributed by atoms with Crippen molar-refractivity contribution >= 4 is 11.8 Å². The molecule has 2 atom stereocenters. The zero-order chi connectivity index (χ0) is 17.1. The molecule has 2 aliphatic rings. The molecular weight excluding hydrogens is 302 g/mol. The molecule has 0 spiro atoms. The average Bonchev–Trinajstić information content (AvgIpc) is 3.24. The van der Waals surface area contributed by atoms with Crippen LogP contribution in [0.4, 0.5) is 0 Å². The molecule has 2 fully saturated rings. The molecule has 1 heterocycles. The van der Waals surface area contributed by atoms with Crippen molar-refractivity contribution in [2.24, 2.45) is 5.92 Å². The highest BCUT2D eigenvalue weighted by Crippen LogP contribution is 2.29. The lowest BCUT2D eigenvalue weighted by Gasteiger charge is -2.24. The Kier molecular flexibility index (Phi) is 4.84. The van der Waals surface area contributed by atoms with Crippen LogP contribution in [0.1, 0.15) is 56.2 Å². The zero-order valence-corrected chi connectivity index (χ0v) is 14.0. The third-order valence-corrected chi connectivity index (χ3v) is 5.19. The first-order chi connectivity index (χ1) is 11.6. The fourth-order valence-electron chi connectivity index (χ4n) is 3.74. The summed E-state index contributed by atoms with van der Waals surface area (Å²) in [6.07, 6.45) is 4.83. The van der Waals surface area contributed by atoms with E-state index in [4.69, 9.17) is 5.26 Å². The number of carbonyl (C=O) groups excluding carboxylic acids is 2. The van der Waals surface area contributed by atoms with Crippen molar-refractivity contribution in [3.63, 3.8) is 0 Å². The van der Waals surface area contributed by atoms with Crippen molar-refractivity contribution in [3.8, 4) is 6.07 Å². The van der Waals surface area contributed by atoms with Gasteiger partial charge in [-0.1, -0.05) is 25.0 Å². The lowest BCUT2D eigenvalue weighted by molar-refractivity contribution is -0.130. The molecule has 1 saturated heterocycles. The highest BCUT2D eigenvalue weighted by Gasteiger charge is 2.38. The third-order valence-electron chi connectivity index (χ3n) is 5.19. The van der Waals surface area contributed by atoms with Gasteiger partial charge in [0.1, 0.15) is 0 Å². The van der Waals surface area contributed by atoms with E-state index in [1.165, 1.54) is 12.8 Å². The van der Waals surface area contributed by atoms with E-state index in [-0.39, 0.29) is 23.8 Å². The van der Waals surface area contributed by atoms with E-state index in [0.717, 1.165) is 18.4 Å². The number of likely N-dealkylation sites (tertiary alicyclic amines) is 1. The topological polar surface area (TPSA) is 73.2 Å². The van der Waals surface area contributed by atoms with Gasteiger partial charge < -0.3 is 10.2 Å². The van der Waals surface area contributed by atoms with Crippen molar-refractivity contribution in [2.45, 2.75) is 51.1 Å². The average molecular weight is 325 g/mol. The highest BCUT2D eigenvalue weighted by molar-refractivity contribution is 5.89. The van der Waals surface area contributed by atoms with E-state index >= 15 is 0 Å². The Bertz CT molecular complexity index is 656. The monoisotopic (exact) mass is 325 g/mol. The Morgan fingerprint density at radius 3 is 2.58 bits per heavy atom. The van der Waals surface area contributed by atoms with Crippen molar-refractivity contribution in [1.82, 2.24) is 10.2 Å². The SMILES string of the molecule is CC(NC(=O)C1CC(=O)N(C2CCCC2)C1)c1ccc(C#N)cc1. The van der Waals surface area contributed by atoms with Gasteiger partial charge in [0.2, 0.25) is 11.8 Å². The van der Waals surface area contributed by atoms with Crippen molar-refractivity contribution in [2.75, 3.05) is 6.54 Å². The summed E-state index contributed by atoms with van der Waals surface area (Å²) in [6.45, 7) is 2.47. The standard InChI is InChI=1S/C19H23N3O2/c1-13(15-8-6-14(11-20)7-9-15)21-19(24)16-10-18(23)22(12-16)17-4-2-3-5-17/h6-9,13,16-17H,2-5,10,12H2,1H3,(H,21,24). The van der Waals surface area contributed by atoms with Crippen LogP contribution in [0.5, 0.6) is 0 Å². The molecule has 1 saturated carbocycles. The van der Waals surface area contributed by atoms with Crippen LogP contribution >= 0.6 is 0 Å². The Labute approximate surface area is 142 Å². The number of benzene rings is 1. The van der Waals surface area contributed by atoms with Crippen molar-refractivity contribution in [1.29, 1.82) is 5.26 Å². The van der Waals surface area contributed by atoms with Crippen LogP contribution in [0, 0.1) is 17.2 Å². The predicted octanol–water partition coefficient (Wildman–Crippen LogP) is 2.53. The molecule has 1 aromatic carbocycles. The van der Waals surface area contributed by atoms with E-state index < -0.39 is 0 Å². The molecule has 3 rings (SSSR count). The number of amides is 2. The summed E-state index contributed by atoms with van der Waals surface area (Å²) in [6, 6.07) is 9.49. The van der Waals surface area contributed by atoms with Crippen LogP contribution in [0.15, 0.2) is 24.3 Å². The second kappa shape index (κ2) is 7.04. The Morgan fingerprint density at radius 1 is 1.29 bits per heavy atom. The minimum absolute atomic E-state index is 0.0549. The number of nitrogens with one attached hydrogen (secondary N) is 1. The molecule has 0 radical (unpaired) electrons. The Hall–Kier alpha value is -2.35. The lowest BCUT2D eigenvalue weighted by atomic mass is 10.0. The summed E-state index contributed by atoms with van der Waals surface area (Å²) in [5.74, 6) is -0.187. The highest BCUT2D eigenvalue weighted by atomic mass is 16.2. The molecule has 1 aromatic rings. The normalized spacial score (nSPS) is 22.4. The van der Waals surface area contributed by atoms with Crippen LogP contribution in [0.3, 0.4) is 0 Å². The summed E-state index contributed by atoms with van der Waals surface area (Å²) in [5, 5.41) is 11.8. The summed E-state index contributed by atoms with van der Waals surface area (Å²) in [4.78, 5) is 26.7. The molecule has 0 bridgehead atoms. The second-order valence-electron chi connectivity index (χ2n) is 6.85. The molecule has 1 N–H and O–H groups in total. The molecule has 1 aliphatic heterocycles. The summed E-state index contributed by atoms with van der Waals surface area (Å²) >= 11 is 0. The fourth-order valence-corrected chi connectivity index (χ4v) is 3.74. The number of hydrogen-bond acceptors (Lipinski definition) is 3. The predicted molar refractivity (Wildman–Crippen MR) is 89.8 cm³/mol. The quantitative estimate of drug-likeness (QED) is 0.924. The van der Waals surface area contributed by atoms with Gasteiger partial charge >= 0.3 is 0 Å². The Balaban J connectivity index is 1.58. The maximum Gasteiger partial charge on any atom is 0.225 e. The van der Waals surface area contributed by atoms with Gasteiger partial charge in [-0.3, -0.25) is 9.59 Å². The van der Waals surface area contributed by atoms with Gasteiger partial charge in [0.25, 0.3) is 0 Å². The molecule has 5 heteroatoms. The van der Waals surface area contributed by atoms with Gasteiger partial charge in [0.05, 0.1) is 23.6 Å². The number of carbonyl (C=O) groups is 2. The van der Waals surface area contributed by atoms with Crippen LogP contribution in [-0.2, 0) is 9.59 Å². The molecule has 1 aliphatic carbocycles. The molecule has 126 valence electrons. The molecule has 2 amide bonds. The minimum atomic E-state index is -0.251. The van der Waals surface area contributed by atoms with Crippen LogP contribution in [0.2, 0.25) is 0 Å². The van der Waals surface area contributed by atoms with E-state index in [1.807, 2.05) is 24.0 Å². The summed E-state index contributed by atoms with van der Waals surface area (Å²) in [5.41, 5.74) is 1.56. The van der Waals surface area contributed by atoms with Gasteiger partial charge in [-0.15, -0.1) is 0 Å². The van der Waals surface area contributed by atoms with Crippen molar-refractivity contribution in [3.05, 3.63) is 35.4 Å². The van der Waals surface area contributed by atoms with Gasteiger partial charge in [0.15, 0.2) is 0 Å². The summed E-state index contributed by atoms with van der Waals surface area (Å²) < 4.78 is 0. The van der Waals surface area contributed by atoms with E-state index in [0.29, 0.717) is 24.6 Å². The first-order valence-corrected chi connectivity index (χ1v) is 8.68. The first-order valence-electron chi connectivity index (χ1n) is 8.68. The van der Waals surface area contributed by atoms with Gasteiger partial charge in [-0.2, -0.15) is 5.26 Å². The minimum Gasteiger partial charge on any atom is -0.349 e. The number of nitrogens with zero attached hydrogens (tertiary/aromatic N) is 2. The maximum absolute atomic E-state index is 12.5. The van der Waals surface area contributed by atoms with E-state index in [9.17, 15) is 9.59 Å². The van der Waals surface area contributed by atoms with Crippen LogP contribution in [-0.4, -0.2) is 29.3 Å². The van der Waals surface area contributed by atoms with Crippen LogP contribution < -0.4 is 5.32 Å². The Morgan fingerprint density at radius 2 is 1.96 bits per heavy atom. The molecule has 2 unspecified atom stereocenters. The van der Waals surface area contributed by atoms with Gasteiger partial charge in [-0.25, -0.2) is 0 Å². The number of nitriles is 1. The largest absolute Gasteiger partial charge is 0.349 e. The van der Waals surface area contributed by atoms with Gasteiger partial charge in [0, 0.05) is 19.0 Å². The fraction of sp³-hybridized carbons (Fsp3) is 0.526. The van der Waals surface area contributed by atoms with E-state index in [1.54, 1.807) is 12.1 Å². The number of hydrogen-bond donors (Lipinski definition) is 1. The zero-order valence-electron chi connectivity index (χ0n) is 14.0. The van der Waals surface area contributed by atoms with Gasteiger partial charge in [-0.05, 0) is 37.5 Å². The number of rotatable bonds is 4. The molecule has 24 heavy (non-hydrogen) atoms. The molecular formula is C19H23N3O2. The first kappa shape index (κ1) is 16.5. The lowest BCUT2D eigenvalue weighted by Crippen LogP contribution is -2.37. The maximum atomic E-state index is 12.5. The van der Waals surface area contributed by atoms with Crippen LogP contribution in [0.25, 0.3) is 0 Å². The van der Waals surface area contributed by atoms with E-state index in [2.05, 4.69) is 11.4 Å².